The molecule has 3 rings (SSSR count). The summed E-state index contributed by atoms with van der Waals surface area (Å²) >= 11 is 0. The van der Waals surface area contributed by atoms with Crippen molar-refractivity contribution in [2.75, 3.05) is 10.5 Å². The van der Waals surface area contributed by atoms with Crippen LogP contribution in [0.1, 0.15) is 0 Å². The second-order valence-corrected chi connectivity index (χ2v) is 3.60. The van der Waals surface area contributed by atoms with Gasteiger partial charge in [0.1, 0.15) is 0 Å². The van der Waals surface area contributed by atoms with E-state index in [9.17, 15) is 0 Å². The molecule has 2 N–H and O–H groups in total. The maximum atomic E-state index is 5.41. The van der Waals surface area contributed by atoms with Gasteiger partial charge in [0.2, 0.25) is 0 Å². The van der Waals surface area contributed by atoms with E-state index in [2.05, 4.69) is 40.5 Å². The fraction of sp³-hybridized carbons (Fsp3) is 0. The monoisotopic (exact) mass is 192 g/mol. The smallest absolute Gasteiger partial charge is 0.398 e. The molecule has 2 nitrogen and oxygen atoms in total. The number of hydrogen-bond donors (Lipinski definition) is 2. The molecule has 2 aromatic rings. The van der Waals surface area contributed by atoms with Gasteiger partial charge in [0.15, 0.2) is 0 Å². The maximum Gasteiger partial charge on any atom is 0.460 e. The lowest BCUT2D eigenvalue weighted by Crippen LogP contribution is -2.35. The molecule has 2 aromatic carbocycles. The normalized spacial score (nSPS) is 12.9. The van der Waals surface area contributed by atoms with E-state index in [-0.39, 0.29) is 6.98 Å². The van der Waals surface area contributed by atoms with Crippen LogP contribution in [0.2, 0.25) is 0 Å². The molecule has 0 aliphatic carbocycles. The van der Waals surface area contributed by atoms with Crippen LogP contribution in [-0.2, 0) is 0 Å². The highest BCUT2D eigenvalue weighted by Gasteiger charge is 2.20. The number of terminal acetylenes is 1. The number of hydrogen-bond acceptors (Lipinski definition) is 2. The zero-order valence-electron chi connectivity index (χ0n) is 8.12. The van der Waals surface area contributed by atoms with E-state index < -0.39 is 0 Å². The first-order valence-corrected chi connectivity index (χ1v) is 4.89. The second kappa shape index (κ2) is 2.96. The summed E-state index contributed by atoms with van der Waals surface area (Å²) in [5, 5.41) is 8.96. The van der Waals surface area contributed by atoms with Gasteiger partial charge < -0.3 is 10.5 Å². The second-order valence-electron chi connectivity index (χ2n) is 3.60. The van der Waals surface area contributed by atoms with Crippen LogP contribution in [0.15, 0.2) is 36.4 Å². The summed E-state index contributed by atoms with van der Waals surface area (Å²) in [5.41, 5.74) is 2.20. The standard InChI is InChI=1S/C12H9BN2/c1-2-13-14-10-7-3-5-9-6-4-8-11(15-13)12(9)10/h1,3-8,14-15H. The van der Waals surface area contributed by atoms with Crippen LogP contribution in [0.4, 0.5) is 11.4 Å². The van der Waals surface area contributed by atoms with Crippen molar-refractivity contribution >= 4 is 29.1 Å². The van der Waals surface area contributed by atoms with Crippen molar-refractivity contribution in [1.29, 1.82) is 0 Å². The average Bonchev–Trinajstić information content (AvgIpc) is 2.29. The van der Waals surface area contributed by atoms with E-state index in [0.29, 0.717) is 0 Å². The quantitative estimate of drug-likeness (QED) is 0.494. The van der Waals surface area contributed by atoms with Gasteiger partial charge in [-0.15, -0.1) is 12.2 Å². The van der Waals surface area contributed by atoms with Gasteiger partial charge in [-0.1, -0.05) is 24.3 Å². The lowest BCUT2D eigenvalue weighted by atomic mass is 9.75. The van der Waals surface area contributed by atoms with Crippen LogP contribution in [0, 0.1) is 12.2 Å². The molecule has 0 bridgehead atoms. The fourth-order valence-corrected chi connectivity index (χ4v) is 2.01. The lowest BCUT2D eigenvalue weighted by molar-refractivity contribution is 1.62. The number of anilines is 2. The highest BCUT2D eigenvalue weighted by atomic mass is 15.0. The summed E-state index contributed by atoms with van der Waals surface area (Å²) in [4.78, 5) is 0. The molecule has 0 unspecified atom stereocenters. The molecule has 0 saturated heterocycles. The topological polar surface area (TPSA) is 24.1 Å². The van der Waals surface area contributed by atoms with Crippen LogP contribution in [0.3, 0.4) is 0 Å². The molecule has 0 aromatic heterocycles. The van der Waals surface area contributed by atoms with E-state index in [1.54, 1.807) is 0 Å². The van der Waals surface area contributed by atoms with E-state index in [1.165, 1.54) is 10.8 Å². The van der Waals surface area contributed by atoms with Crippen molar-refractivity contribution in [3.8, 4) is 12.2 Å². The Bertz CT molecular complexity index is 531. The number of nitrogens with one attached hydrogen (secondary N) is 2. The largest absolute Gasteiger partial charge is 0.460 e. The summed E-state index contributed by atoms with van der Waals surface area (Å²) in [7, 11) is 0. The van der Waals surface area contributed by atoms with Gasteiger partial charge in [0, 0.05) is 16.8 Å². The Morgan fingerprint density at radius 2 is 1.60 bits per heavy atom. The summed E-state index contributed by atoms with van der Waals surface area (Å²) in [5.74, 6) is 2.67. The van der Waals surface area contributed by atoms with Crippen LogP contribution in [0.25, 0.3) is 10.8 Å². The van der Waals surface area contributed by atoms with Gasteiger partial charge >= 0.3 is 6.98 Å². The molecule has 1 aliphatic rings. The van der Waals surface area contributed by atoms with Gasteiger partial charge in [-0.3, -0.25) is 0 Å². The molecule has 0 radical (unpaired) electrons. The molecule has 70 valence electrons. The molecular formula is C12H9BN2. The first kappa shape index (κ1) is 8.25. The van der Waals surface area contributed by atoms with Crippen molar-refractivity contribution in [2.45, 2.75) is 0 Å². The maximum absolute atomic E-state index is 5.41. The molecule has 0 fully saturated rings. The number of rotatable bonds is 0. The minimum absolute atomic E-state index is 0.120. The van der Waals surface area contributed by atoms with Crippen molar-refractivity contribution < 1.29 is 0 Å². The minimum Gasteiger partial charge on any atom is -0.398 e. The molecule has 1 heterocycles. The van der Waals surface area contributed by atoms with Crippen molar-refractivity contribution in [1.82, 2.24) is 0 Å². The van der Waals surface area contributed by atoms with Crippen molar-refractivity contribution in [2.24, 2.45) is 0 Å². The van der Waals surface area contributed by atoms with Crippen LogP contribution >= 0.6 is 0 Å². The first-order chi connectivity index (χ1) is 7.38. The SMILES string of the molecule is C#CB1Nc2cccc3cccc(c23)N1. The zero-order valence-corrected chi connectivity index (χ0v) is 8.12. The fourth-order valence-electron chi connectivity index (χ4n) is 2.01. The summed E-state index contributed by atoms with van der Waals surface area (Å²) in [6.07, 6.45) is 5.41. The third-order valence-electron chi connectivity index (χ3n) is 2.67. The molecule has 1 aliphatic heterocycles. The molecule has 15 heavy (non-hydrogen) atoms. The van der Waals surface area contributed by atoms with E-state index in [1.807, 2.05) is 12.1 Å². The lowest BCUT2D eigenvalue weighted by Gasteiger charge is -2.23. The molecule has 0 amide bonds. The van der Waals surface area contributed by atoms with Gasteiger partial charge in [-0.05, 0) is 17.5 Å². The van der Waals surface area contributed by atoms with Gasteiger partial charge in [-0.25, -0.2) is 0 Å². The van der Waals surface area contributed by atoms with Gasteiger partial charge in [0.05, 0.1) is 0 Å². The Morgan fingerprint density at radius 3 is 2.13 bits per heavy atom. The summed E-state index contributed by atoms with van der Waals surface area (Å²) in [6.45, 7) is -0.120. The molecule has 0 atom stereocenters. The van der Waals surface area contributed by atoms with Gasteiger partial charge in [0.25, 0.3) is 0 Å². The average molecular weight is 192 g/mol. The first-order valence-electron chi connectivity index (χ1n) is 4.89. The summed E-state index contributed by atoms with van der Waals surface area (Å²) in [6, 6.07) is 12.4. The van der Waals surface area contributed by atoms with E-state index in [0.717, 1.165) is 11.4 Å². The summed E-state index contributed by atoms with van der Waals surface area (Å²) < 4.78 is 0. The van der Waals surface area contributed by atoms with Gasteiger partial charge in [-0.2, -0.15) is 0 Å². The van der Waals surface area contributed by atoms with Crippen LogP contribution in [-0.4, -0.2) is 6.98 Å². The van der Waals surface area contributed by atoms with Crippen molar-refractivity contribution in [3.63, 3.8) is 0 Å². The third-order valence-corrected chi connectivity index (χ3v) is 2.67. The third kappa shape index (κ3) is 1.15. The van der Waals surface area contributed by atoms with Crippen molar-refractivity contribution in [3.05, 3.63) is 36.4 Å². The van der Waals surface area contributed by atoms with E-state index in [4.69, 9.17) is 6.42 Å². The molecule has 0 saturated carbocycles. The minimum atomic E-state index is -0.120. The Labute approximate surface area is 88.8 Å². The Kier molecular flexibility index (Phi) is 1.63. The number of benzene rings is 2. The zero-order chi connectivity index (χ0) is 10.3. The van der Waals surface area contributed by atoms with E-state index >= 15 is 0 Å². The molecule has 0 spiro atoms. The van der Waals surface area contributed by atoms with Crippen LogP contribution < -0.4 is 10.5 Å². The Balaban J connectivity index is 2.32. The highest BCUT2D eigenvalue weighted by molar-refractivity contribution is 6.75. The van der Waals surface area contributed by atoms with Crippen LogP contribution in [0.5, 0.6) is 0 Å². The predicted molar refractivity (Wildman–Crippen MR) is 65.8 cm³/mol. The Morgan fingerprint density at radius 1 is 1.00 bits per heavy atom. The predicted octanol–water partition coefficient (Wildman–Crippen LogP) is 2.34. The highest BCUT2D eigenvalue weighted by Crippen LogP contribution is 2.33. The molecular weight excluding hydrogens is 183 g/mol. The Hall–Kier alpha value is -2.08. The molecule has 3 heteroatoms.